The number of hydrogen-bond donors (Lipinski definition) is 2. The minimum Gasteiger partial charge on any atom is -0.398 e. The van der Waals surface area contributed by atoms with Crippen molar-refractivity contribution in [2.75, 3.05) is 23.8 Å². The van der Waals surface area contributed by atoms with Crippen molar-refractivity contribution in [1.82, 2.24) is 4.72 Å². The number of nitrogens with one attached hydrogen (secondary N) is 1. The highest BCUT2D eigenvalue weighted by molar-refractivity contribution is 7.89. The first-order valence-electron chi connectivity index (χ1n) is 5.68. The Bertz CT molecular complexity index is 565. The fourth-order valence-electron chi connectivity index (χ4n) is 1.35. The molecule has 1 atom stereocenters. The molecule has 0 fully saturated rings. The number of rotatable bonds is 6. The molecule has 0 aliphatic carbocycles. The Morgan fingerprint density at radius 2 is 2.05 bits per heavy atom. The summed E-state index contributed by atoms with van der Waals surface area (Å²) in [6.07, 6.45) is 0. The molecule has 1 rings (SSSR count). The summed E-state index contributed by atoms with van der Waals surface area (Å²) in [5.41, 5.74) is 5.83. The van der Waals surface area contributed by atoms with Crippen LogP contribution in [0.1, 0.15) is 12.5 Å². The average molecular weight is 308 g/mol. The molecular weight excluding hydrogens is 291 g/mol. The number of sulfonamides is 1. The third kappa shape index (κ3) is 4.26. The van der Waals surface area contributed by atoms with Crippen LogP contribution < -0.4 is 10.5 Å². The van der Waals surface area contributed by atoms with Crippen molar-refractivity contribution < 1.29 is 17.0 Å². The average Bonchev–Trinajstić information content (AvgIpc) is 2.34. The number of benzene rings is 1. The van der Waals surface area contributed by atoms with Gasteiger partial charge < -0.3 is 5.73 Å². The van der Waals surface area contributed by atoms with Crippen LogP contribution in [0.15, 0.2) is 17.0 Å². The molecule has 1 unspecified atom stereocenters. The van der Waals surface area contributed by atoms with Gasteiger partial charge in [0.1, 0.15) is 5.82 Å². The third-order valence-electron chi connectivity index (χ3n) is 2.61. The van der Waals surface area contributed by atoms with Crippen LogP contribution in [0.25, 0.3) is 0 Å². The number of anilines is 1. The van der Waals surface area contributed by atoms with Gasteiger partial charge in [0.25, 0.3) is 0 Å². The molecule has 0 radical (unpaired) electrons. The van der Waals surface area contributed by atoms with Crippen molar-refractivity contribution in [2.45, 2.75) is 18.7 Å². The van der Waals surface area contributed by atoms with E-state index in [9.17, 15) is 17.0 Å². The van der Waals surface area contributed by atoms with Crippen LogP contribution in [0, 0.1) is 12.7 Å². The van der Waals surface area contributed by atoms with Crippen molar-refractivity contribution in [3.8, 4) is 0 Å². The molecule has 0 bridgehead atoms. The Hall–Kier alpha value is -0.990. The van der Waals surface area contributed by atoms with Gasteiger partial charge in [-0.3, -0.25) is 4.21 Å². The summed E-state index contributed by atoms with van der Waals surface area (Å²) in [6.45, 7) is 3.26. The molecule has 0 aliphatic rings. The molecule has 0 saturated carbocycles. The quantitative estimate of drug-likeness (QED) is 0.759. The number of hydrogen-bond acceptors (Lipinski definition) is 4. The number of nitrogens with two attached hydrogens (primary N) is 1. The standard InChI is InChI=1S/C11H17FN2O3S2/c1-3-18(15)5-4-14-19(16,17)9-6-10(12)8(2)11(13)7-9/h6-7,14H,3-5,13H2,1-2H3. The zero-order chi connectivity index (χ0) is 14.6. The summed E-state index contributed by atoms with van der Waals surface area (Å²) in [6, 6.07) is 2.13. The van der Waals surface area contributed by atoms with E-state index >= 15 is 0 Å². The SMILES string of the molecule is CCS(=O)CCNS(=O)(=O)c1cc(N)c(C)c(F)c1. The maximum absolute atomic E-state index is 13.5. The van der Waals surface area contributed by atoms with E-state index in [0.717, 1.165) is 6.07 Å². The van der Waals surface area contributed by atoms with Crippen LogP contribution in [0.3, 0.4) is 0 Å². The summed E-state index contributed by atoms with van der Waals surface area (Å²) in [7, 11) is -4.89. The van der Waals surface area contributed by atoms with E-state index in [1.807, 2.05) is 0 Å². The van der Waals surface area contributed by atoms with E-state index in [0.29, 0.717) is 5.75 Å². The van der Waals surface area contributed by atoms with Gasteiger partial charge in [0.15, 0.2) is 0 Å². The molecule has 1 aromatic rings. The van der Waals surface area contributed by atoms with Crippen molar-refractivity contribution in [3.05, 3.63) is 23.5 Å². The second kappa shape index (κ2) is 6.44. The lowest BCUT2D eigenvalue weighted by molar-refractivity contribution is 0.579. The van der Waals surface area contributed by atoms with Gasteiger partial charge in [0, 0.05) is 40.1 Å². The minimum absolute atomic E-state index is 0.0399. The van der Waals surface area contributed by atoms with Gasteiger partial charge in [-0.05, 0) is 19.1 Å². The maximum atomic E-state index is 13.5. The van der Waals surface area contributed by atoms with Crippen LogP contribution in [0.5, 0.6) is 0 Å². The summed E-state index contributed by atoms with van der Waals surface area (Å²) in [5, 5.41) is 0. The van der Waals surface area contributed by atoms with Gasteiger partial charge in [-0.1, -0.05) is 6.92 Å². The van der Waals surface area contributed by atoms with Crippen LogP contribution in [0.2, 0.25) is 0 Å². The highest BCUT2D eigenvalue weighted by atomic mass is 32.2. The molecule has 0 amide bonds. The first-order chi connectivity index (χ1) is 8.77. The second-order valence-electron chi connectivity index (χ2n) is 3.95. The van der Waals surface area contributed by atoms with Gasteiger partial charge in [-0.2, -0.15) is 0 Å². The molecule has 19 heavy (non-hydrogen) atoms. The van der Waals surface area contributed by atoms with E-state index < -0.39 is 26.6 Å². The first-order valence-corrected chi connectivity index (χ1v) is 8.65. The Morgan fingerprint density at radius 3 is 2.58 bits per heavy atom. The first kappa shape index (κ1) is 16.1. The lowest BCUT2D eigenvalue weighted by Gasteiger charge is -2.09. The lowest BCUT2D eigenvalue weighted by Crippen LogP contribution is -2.28. The lowest BCUT2D eigenvalue weighted by atomic mass is 10.2. The molecule has 8 heteroatoms. The Morgan fingerprint density at radius 1 is 1.42 bits per heavy atom. The number of halogens is 1. The monoisotopic (exact) mass is 308 g/mol. The topological polar surface area (TPSA) is 89.3 Å². The molecule has 0 aromatic heterocycles. The van der Waals surface area contributed by atoms with Gasteiger partial charge >= 0.3 is 0 Å². The fourth-order valence-corrected chi connectivity index (χ4v) is 3.17. The Kier molecular flexibility index (Phi) is 5.45. The molecule has 0 aliphatic heterocycles. The predicted octanol–water partition coefficient (Wildman–Crippen LogP) is 0.763. The van der Waals surface area contributed by atoms with E-state index in [1.54, 1.807) is 6.92 Å². The van der Waals surface area contributed by atoms with Gasteiger partial charge in [0.2, 0.25) is 10.0 Å². The Balaban J connectivity index is 2.86. The van der Waals surface area contributed by atoms with Crippen LogP contribution in [0.4, 0.5) is 10.1 Å². The third-order valence-corrected chi connectivity index (χ3v) is 5.36. The molecule has 0 spiro atoms. The fraction of sp³-hybridized carbons (Fsp3) is 0.455. The van der Waals surface area contributed by atoms with E-state index in [-0.39, 0.29) is 28.4 Å². The summed E-state index contributed by atoms with van der Waals surface area (Å²) in [4.78, 5) is -0.226. The van der Waals surface area contributed by atoms with E-state index in [1.165, 1.54) is 13.0 Å². The normalized spacial score (nSPS) is 13.4. The molecule has 5 nitrogen and oxygen atoms in total. The van der Waals surface area contributed by atoms with Crippen molar-refractivity contribution >= 4 is 26.5 Å². The summed E-state index contributed by atoms with van der Waals surface area (Å²) < 4.78 is 50.7. The van der Waals surface area contributed by atoms with Crippen molar-refractivity contribution in [2.24, 2.45) is 0 Å². The molecule has 1 aromatic carbocycles. The van der Waals surface area contributed by atoms with E-state index in [2.05, 4.69) is 4.72 Å². The Labute approximate surface area is 114 Å². The smallest absolute Gasteiger partial charge is 0.240 e. The van der Waals surface area contributed by atoms with E-state index in [4.69, 9.17) is 5.73 Å². The molecular formula is C11H17FN2O3S2. The van der Waals surface area contributed by atoms with Gasteiger partial charge in [-0.15, -0.1) is 0 Å². The largest absolute Gasteiger partial charge is 0.398 e. The molecule has 108 valence electrons. The molecule has 0 saturated heterocycles. The zero-order valence-electron chi connectivity index (χ0n) is 10.8. The predicted molar refractivity (Wildman–Crippen MR) is 74.3 cm³/mol. The zero-order valence-corrected chi connectivity index (χ0v) is 12.4. The summed E-state index contributed by atoms with van der Waals surface area (Å²) >= 11 is 0. The van der Waals surface area contributed by atoms with Crippen LogP contribution >= 0.6 is 0 Å². The van der Waals surface area contributed by atoms with Crippen LogP contribution in [-0.2, 0) is 20.8 Å². The second-order valence-corrected chi connectivity index (χ2v) is 7.58. The molecule has 3 N–H and O–H groups in total. The number of nitrogen functional groups attached to an aromatic ring is 1. The van der Waals surface area contributed by atoms with Gasteiger partial charge in [-0.25, -0.2) is 17.5 Å². The summed E-state index contributed by atoms with van der Waals surface area (Å²) in [5.74, 6) is 0.0189. The highest BCUT2D eigenvalue weighted by Gasteiger charge is 2.17. The minimum atomic E-state index is -3.83. The van der Waals surface area contributed by atoms with Crippen LogP contribution in [-0.4, -0.2) is 30.7 Å². The molecule has 0 heterocycles. The van der Waals surface area contributed by atoms with Gasteiger partial charge in [0.05, 0.1) is 4.90 Å². The van der Waals surface area contributed by atoms with Crippen molar-refractivity contribution in [1.29, 1.82) is 0 Å². The maximum Gasteiger partial charge on any atom is 0.240 e. The van der Waals surface area contributed by atoms with Crippen molar-refractivity contribution in [3.63, 3.8) is 0 Å². The highest BCUT2D eigenvalue weighted by Crippen LogP contribution is 2.20.